The van der Waals surface area contributed by atoms with Crippen molar-refractivity contribution in [1.29, 1.82) is 0 Å². The van der Waals surface area contributed by atoms with Crippen molar-refractivity contribution in [1.82, 2.24) is 4.72 Å². The maximum atomic E-state index is 12.4. The van der Waals surface area contributed by atoms with E-state index in [1.165, 1.54) is 32.4 Å². The minimum atomic E-state index is -3.79. The number of carbonyl (C=O) groups excluding carboxylic acids is 1. The Morgan fingerprint density at radius 2 is 1.75 bits per heavy atom. The molecule has 0 aliphatic carbocycles. The summed E-state index contributed by atoms with van der Waals surface area (Å²) >= 11 is 12.0. The van der Waals surface area contributed by atoms with Crippen LogP contribution in [0.3, 0.4) is 0 Å². The number of hydrogen-bond acceptors (Lipinski definition) is 4. The molecule has 0 saturated carbocycles. The van der Waals surface area contributed by atoms with E-state index >= 15 is 0 Å². The van der Waals surface area contributed by atoms with Crippen molar-refractivity contribution < 1.29 is 17.9 Å². The van der Waals surface area contributed by atoms with Crippen LogP contribution in [0.2, 0.25) is 10.0 Å². The van der Waals surface area contributed by atoms with Gasteiger partial charge in [-0.1, -0.05) is 29.3 Å². The van der Waals surface area contributed by atoms with Crippen LogP contribution in [0.1, 0.15) is 10.4 Å². The van der Waals surface area contributed by atoms with Gasteiger partial charge < -0.3 is 10.1 Å². The first-order valence-corrected chi connectivity index (χ1v) is 8.91. The summed E-state index contributed by atoms with van der Waals surface area (Å²) in [5.74, 6) is -0.433. The van der Waals surface area contributed by atoms with Crippen LogP contribution >= 0.6 is 23.2 Å². The highest BCUT2D eigenvalue weighted by Crippen LogP contribution is 2.31. The van der Waals surface area contributed by atoms with E-state index in [0.717, 1.165) is 0 Å². The highest BCUT2D eigenvalue weighted by molar-refractivity contribution is 7.89. The molecule has 0 aromatic heterocycles. The molecule has 0 fully saturated rings. The molecule has 0 aliphatic heterocycles. The second-order valence-corrected chi connectivity index (χ2v) is 7.29. The van der Waals surface area contributed by atoms with E-state index in [1.54, 1.807) is 18.2 Å². The Bertz CT molecular complexity index is 865. The summed E-state index contributed by atoms with van der Waals surface area (Å²) in [6.45, 7) is 0. The molecule has 0 heterocycles. The van der Waals surface area contributed by atoms with Crippen molar-refractivity contribution >= 4 is 44.8 Å². The minimum absolute atomic E-state index is 0.112. The largest absolute Gasteiger partial charge is 0.495 e. The Balaban J connectivity index is 2.42. The predicted molar refractivity (Wildman–Crippen MR) is 93.7 cm³/mol. The van der Waals surface area contributed by atoms with Gasteiger partial charge in [0.1, 0.15) is 10.6 Å². The predicted octanol–water partition coefficient (Wildman–Crippen LogP) is 3.16. The van der Waals surface area contributed by atoms with Crippen LogP contribution < -0.4 is 14.8 Å². The molecule has 0 radical (unpaired) electrons. The topological polar surface area (TPSA) is 84.5 Å². The van der Waals surface area contributed by atoms with Gasteiger partial charge in [0.15, 0.2) is 0 Å². The quantitative estimate of drug-likeness (QED) is 0.823. The van der Waals surface area contributed by atoms with Crippen molar-refractivity contribution in [2.75, 3.05) is 19.5 Å². The average Bonchev–Trinajstić information content (AvgIpc) is 2.57. The molecule has 2 aromatic carbocycles. The number of methoxy groups -OCH3 is 1. The first-order valence-electron chi connectivity index (χ1n) is 6.67. The molecule has 0 unspecified atom stereocenters. The van der Waals surface area contributed by atoms with Crippen LogP contribution in [0.4, 0.5) is 5.69 Å². The van der Waals surface area contributed by atoms with Gasteiger partial charge in [0.25, 0.3) is 5.91 Å². The number of ether oxygens (including phenoxy) is 1. The zero-order valence-corrected chi connectivity index (χ0v) is 15.1. The van der Waals surface area contributed by atoms with E-state index < -0.39 is 15.9 Å². The second-order valence-electron chi connectivity index (χ2n) is 4.62. The molecule has 0 saturated heterocycles. The lowest BCUT2D eigenvalue weighted by atomic mass is 10.2. The second kappa shape index (κ2) is 7.40. The number of anilines is 1. The lowest BCUT2D eigenvalue weighted by molar-refractivity contribution is 0.102. The average molecular weight is 389 g/mol. The van der Waals surface area contributed by atoms with Crippen molar-refractivity contribution in [3.63, 3.8) is 0 Å². The third-order valence-corrected chi connectivity index (χ3v) is 5.25. The van der Waals surface area contributed by atoms with E-state index in [0.29, 0.717) is 0 Å². The summed E-state index contributed by atoms with van der Waals surface area (Å²) < 4.78 is 31.3. The number of rotatable bonds is 5. The molecule has 2 N–H and O–H groups in total. The number of hydrogen-bond donors (Lipinski definition) is 2. The zero-order chi connectivity index (χ0) is 17.9. The Hall–Kier alpha value is -1.80. The molecule has 128 valence electrons. The fraction of sp³-hybridized carbons (Fsp3) is 0.133. The maximum Gasteiger partial charge on any atom is 0.255 e. The highest BCUT2D eigenvalue weighted by atomic mass is 35.5. The van der Waals surface area contributed by atoms with Crippen molar-refractivity contribution in [3.05, 3.63) is 52.0 Å². The van der Waals surface area contributed by atoms with Crippen molar-refractivity contribution in [2.24, 2.45) is 0 Å². The molecular formula is C15H14Cl2N2O4S. The van der Waals surface area contributed by atoms with Crippen LogP contribution in [-0.2, 0) is 10.0 Å². The van der Waals surface area contributed by atoms with Crippen molar-refractivity contribution in [2.45, 2.75) is 4.90 Å². The van der Waals surface area contributed by atoms with Gasteiger partial charge in [-0.25, -0.2) is 13.1 Å². The first kappa shape index (κ1) is 18.5. The summed E-state index contributed by atoms with van der Waals surface area (Å²) in [7, 11) is -1.18. The monoisotopic (exact) mass is 388 g/mol. The fourth-order valence-electron chi connectivity index (χ4n) is 1.94. The lowest BCUT2D eigenvalue weighted by Crippen LogP contribution is -2.20. The van der Waals surface area contributed by atoms with Gasteiger partial charge >= 0.3 is 0 Å². The number of para-hydroxylation sites is 1. The number of benzene rings is 2. The van der Waals surface area contributed by atoms with E-state index in [4.69, 9.17) is 27.9 Å². The molecule has 9 heteroatoms. The Labute approximate surface area is 149 Å². The van der Waals surface area contributed by atoms with E-state index in [1.807, 2.05) is 0 Å². The van der Waals surface area contributed by atoms with E-state index in [-0.39, 0.29) is 31.9 Å². The van der Waals surface area contributed by atoms with Crippen LogP contribution in [-0.4, -0.2) is 28.5 Å². The molecule has 0 atom stereocenters. The summed E-state index contributed by atoms with van der Waals surface area (Å²) in [5, 5.41) is 3.11. The summed E-state index contributed by atoms with van der Waals surface area (Å²) in [6.07, 6.45) is 0. The molecule has 2 aromatic rings. The molecule has 0 spiro atoms. The van der Waals surface area contributed by atoms with Crippen LogP contribution in [0.25, 0.3) is 0 Å². The van der Waals surface area contributed by atoms with Gasteiger partial charge in [0, 0.05) is 5.56 Å². The summed E-state index contributed by atoms with van der Waals surface area (Å²) in [5.41, 5.74) is 0.361. The van der Waals surface area contributed by atoms with Gasteiger partial charge in [-0.2, -0.15) is 0 Å². The number of halogens is 2. The Kier molecular flexibility index (Phi) is 5.71. The molecule has 0 aliphatic rings. The molecule has 6 nitrogen and oxygen atoms in total. The maximum absolute atomic E-state index is 12.4. The SMILES string of the molecule is CNS(=O)(=O)c1cc(C(=O)Nc2c(Cl)cccc2Cl)ccc1OC. The first-order chi connectivity index (χ1) is 11.3. The number of amides is 1. The highest BCUT2D eigenvalue weighted by Gasteiger charge is 2.20. The van der Waals surface area contributed by atoms with Crippen LogP contribution in [0.5, 0.6) is 5.75 Å². The molecule has 2 rings (SSSR count). The Morgan fingerprint density at radius 1 is 1.12 bits per heavy atom. The van der Waals surface area contributed by atoms with Gasteiger partial charge in [-0.15, -0.1) is 0 Å². The number of carbonyl (C=O) groups is 1. The zero-order valence-electron chi connectivity index (χ0n) is 12.8. The Morgan fingerprint density at radius 3 is 2.29 bits per heavy atom. The molecule has 0 bridgehead atoms. The third kappa shape index (κ3) is 3.81. The van der Waals surface area contributed by atoms with Gasteiger partial charge in [-0.3, -0.25) is 4.79 Å². The minimum Gasteiger partial charge on any atom is -0.495 e. The third-order valence-electron chi connectivity index (χ3n) is 3.19. The van der Waals surface area contributed by atoms with Gasteiger partial charge in [0.2, 0.25) is 10.0 Å². The lowest BCUT2D eigenvalue weighted by Gasteiger charge is -2.12. The number of sulfonamides is 1. The summed E-state index contributed by atoms with van der Waals surface area (Å²) in [4.78, 5) is 12.3. The smallest absolute Gasteiger partial charge is 0.255 e. The van der Waals surface area contributed by atoms with Gasteiger partial charge in [0.05, 0.1) is 22.8 Å². The van der Waals surface area contributed by atoms with Crippen LogP contribution in [0, 0.1) is 0 Å². The standard InChI is InChI=1S/C15H14Cl2N2O4S/c1-18-24(21,22)13-8-9(6-7-12(13)23-2)15(20)19-14-10(16)4-3-5-11(14)17/h3-8,18H,1-2H3,(H,19,20). The molecule has 1 amide bonds. The fourth-order valence-corrected chi connectivity index (χ4v) is 3.35. The normalized spacial score (nSPS) is 11.2. The van der Waals surface area contributed by atoms with Crippen molar-refractivity contribution in [3.8, 4) is 5.75 Å². The number of nitrogens with one attached hydrogen (secondary N) is 2. The summed E-state index contributed by atoms with van der Waals surface area (Å²) in [6, 6.07) is 8.85. The van der Waals surface area contributed by atoms with Crippen LogP contribution in [0.15, 0.2) is 41.3 Å². The molecular weight excluding hydrogens is 375 g/mol. The van der Waals surface area contributed by atoms with Gasteiger partial charge in [-0.05, 0) is 37.4 Å². The molecule has 24 heavy (non-hydrogen) atoms. The van der Waals surface area contributed by atoms with E-state index in [2.05, 4.69) is 10.0 Å². The van der Waals surface area contributed by atoms with E-state index in [9.17, 15) is 13.2 Å².